The quantitative estimate of drug-likeness (QED) is 0.743. The van der Waals surface area contributed by atoms with Crippen molar-refractivity contribution in [1.29, 1.82) is 0 Å². The van der Waals surface area contributed by atoms with Crippen molar-refractivity contribution in [3.63, 3.8) is 0 Å². The number of likely N-dealkylation sites (N-methyl/N-ethyl adjacent to an activating group) is 1. The number of primary amides is 1. The SMILES string of the molecule is C1CCOCC1.CC(C)C.CN1CCc2c(-c3ccc(F)cc3)cc(C(N)=O)nc2C1. The third-order valence-corrected chi connectivity index (χ3v) is 4.86. The van der Waals surface area contributed by atoms with Gasteiger partial charge in [-0.2, -0.15) is 0 Å². The summed E-state index contributed by atoms with van der Waals surface area (Å²) in [4.78, 5) is 18.0. The van der Waals surface area contributed by atoms with Crippen molar-refractivity contribution in [1.82, 2.24) is 9.88 Å². The van der Waals surface area contributed by atoms with Gasteiger partial charge in [0.2, 0.25) is 0 Å². The molecule has 2 aliphatic rings. The number of nitrogens with two attached hydrogens (primary N) is 1. The van der Waals surface area contributed by atoms with Crippen LogP contribution in [0, 0.1) is 11.7 Å². The van der Waals surface area contributed by atoms with Gasteiger partial charge < -0.3 is 15.4 Å². The molecule has 170 valence electrons. The van der Waals surface area contributed by atoms with Crippen molar-refractivity contribution < 1.29 is 13.9 Å². The molecule has 1 fully saturated rings. The Bertz CT molecular complexity index is 819. The molecule has 4 rings (SSSR count). The lowest BCUT2D eigenvalue weighted by atomic mass is 9.93. The summed E-state index contributed by atoms with van der Waals surface area (Å²) in [5, 5.41) is 0. The summed E-state index contributed by atoms with van der Waals surface area (Å²) >= 11 is 0. The fourth-order valence-corrected chi connectivity index (χ4v) is 3.37. The van der Waals surface area contributed by atoms with Crippen LogP contribution in [0.5, 0.6) is 0 Å². The van der Waals surface area contributed by atoms with Crippen molar-refractivity contribution in [2.45, 2.75) is 53.0 Å². The van der Waals surface area contributed by atoms with Gasteiger partial charge in [-0.1, -0.05) is 32.9 Å². The van der Waals surface area contributed by atoms with Crippen LogP contribution >= 0.6 is 0 Å². The molecule has 0 radical (unpaired) electrons. The number of hydrogen-bond acceptors (Lipinski definition) is 4. The third kappa shape index (κ3) is 8.38. The number of rotatable bonds is 2. The van der Waals surface area contributed by atoms with E-state index in [1.165, 1.54) is 31.4 Å². The number of hydrogen-bond donors (Lipinski definition) is 1. The number of aromatic nitrogens is 1. The average molecular weight is 430 g/mol. The van der Waals surface area contributed by atoms with Gasteiger partial charge in [0.15, 0.2) is 0 Å². The van der Waals surface area contributed by atoms with E-state index in [0.29, 0.717) is 6.54 Å². The van der Waals surface area contributed by atoms with E-state index in [1.54, 1.807) is 18.2 Å². The summed E-state index contributed by atoms with van der Waals surface area (Å²) in [6.07, 6.45) is 4.78. The van der Waals surface area contributed by atoms with Crippen LogP contribution in [0.15, 0.2) is 30.3 Å². The molecule has 1 amide bonds. The normalized spacial score (nSPS) is 15.8. The molecule has 0 bridgehead atoms. The molecule has 5 nitrogen and oxygen atoms in total. The molecule has 2 aromatic rings. The average Bonchev–Trinajstić information content (AvgIpc) is 2.74. The number of pyridine rings is 1. The number of benzene rings is 1. The number of fused-ring (bicyclic) bond motifs is 1. The zero-order valence-electron chi connectivity index (χ0n) is 19.3. The Kier molecular flexibility index (Phi) is 10.1. The van der Waals surface area contributed by atoms with Crippen molar-refractivity contribution in [3.05, 3.63) is 53.1 Å². The first-order chi connectivity index (χ1) is 14.8. The number of amides is 1. The van der Waals surface area contributed by atoms with Gasteiger partial charge in [0.05, 0.1) is 5.69 Å². The van der Waals surface area contributed by atoms with Crippen molar-refractivity contribution in [2.75, 3.05) is 26.8 Å². The minimum Gasteiger partial charge on any atom is -0.381 e. The molecular weight excluding hydrogens is 393 g/mol. The summed E-state index contributed by atoms with van der Waals surface area (Å²) in [6.45, 7) is 10.1. The predicted octanol–water partition coefficient (Wildman–Crippen LogP) is 4.82. The maximum atomic E-state index is 13.1. The highest BCUT2D eigenvalue weighted by Gasteiger charge is 2.21. The standard InChI is InChI=1S/C16H16FN3O.C5H10O.C4H10/c1-20-7-6-12-13(10-2-4-11(17)5-3-10)8-14(16(18)21)19-15(12)9-20;1-2-4-6-5-3-1;1-4(2)3/h2-5,8H,6-7,9H2,1H3,(H2,18,21);1-5H2;4H,1-3H3. The van der Waals surface area contributed by atoms with Gasteiger partial charge in [0.25, 0.3) is 5.91 Å². The van der Waals surface area contributed by atoms with Crippen LogP contribution in [-0.2, 0) is 17.7 Å². The van der Waals surface area contributed by atoms with Crippen molar-refractivity contribution >= 4 is 5.91 Å². The van der Waals surface area contributed by atoms with Crippen LogP contribution in [0.1, 0.15) is 61.8 Å². The van der Waals surface area contributed by atoms with Gasteiger partial charge in [-0.25, -0.2) is 9.37 Å². The molecule has 0 spiro atoms. The topological polar surface area (TPSA) is 68.5 Å². The van der Waals surface area contributed by atoms with Crippen LogP contribution in [0.2, 0.25) is 0 Å². The Hall–Kier alpha value is -2.31. The zero-order valence-corrected chi connectivity index (χ0v) is 19.3. The molecule has 2 N–H and O–H groups in total. The van der Waals surface area contributed by atoms with E-state index in [0.717, 1.165) is 54.5 Å². The molecular formula is C25H36FN3O2. The third-order valence-electron chi connectivity index (χ3n) is 4.86. The summed E-state index contributed by atoms with van der Waals surface area (Å²) in [6, 6.07) is 7.98. The second-order valence-electron chi connectivity index (χ2n) is 8.74. The largest absolute Gasteiger partial charge is 0.381 e. The minimum absolute atomic E-state index is 0.253. The first-order valence-electron chi connectivity index (χ1n) is 11.1. The molecule has 0 atom stereocenters. The van der Waals surface area contributed by atoms with Gasteiger partial charge in [0, 0.05) is 26.3 Å². The molecule has 1 saturated heterocycles. The van der Waals surface area contributed by atoms with Gasteiger partial charge in [-0.3, -0.25) is 4.79 Å². The fraction of sp³-hybridized carbons (Fsp3) is 0.520. The van der Waals surface area contributed by atoms with Crippen LogP contribution in [0.25, 0.3) is 11.1 Å². The maximum Gasteiger partial charge on any atom is 0.267 e. The van der Waals surface area contributed by atoms with Gasteiger partial charge >= 0.3 is 0 Å². The zero-order chi connectivity index (χ0) is 22.8. The highest BCUT2D eigenvalue weighted by atomic mass is 19.1. The van der Waals surface area contributed by atoms with E-state index in [1.807, 2.05) is 7.05 Å². The molecule has 31 heavy (non-hydrogen) atoms. The Morgan fingerprint density at radius 2 is 1.74 bits per heavy atom. The second-order valence-corrected chi connectivity index (χ2v) is 8.74. The van der Waals surface area contributed by atoms with Gasteiger partial charge in [-0.05, 0) is 73.5 Å². The minimum atomic E-state index is -0.547. The molecule has 0 saturated carbocycles. The summed E-state index contributed by atoms with van der Waals surface area (Å²) in [7, 11) is 2.01. The first kappa shape index (κ1) is 25.0. The van der Waals surface area contributed by atoms with E-state index in [2.05, 4.69) is 30.7 Å². The van der Waals surface area contributed by atoms with Gasteiger partial charge in [-0.15, -0.1) is 0 Å². The Balaban J connectivity index is 0.000000283. The van der Waals surface area contributed by atoms with Crippen LogP contribution < -0.4 is 5.73 Å². The smallest absolute Gasteiger partial charge is 0.267 e. The molecule has 0 unspecified atom stereocenters. The second kappa shape index (κ2) is 12.5. The number of carbonyl (C=O) groups excluding carboxylic acids is 1. The summed E-state index contributed by atoms with van der Waals surface area (Å²) < 4.78 is 18.2. The number of halogens is 1. The fourth-order valence-electron chi connectivity index (χ4n) is 3.37. The Labute approximate surface area is 185 Å². The summed E-state index contributed by atoms with van der Waals surface area (Å²) in [5.74, 6) is 0.00548. The number of nitrogens with zero attached hydrogens (tertiary/aromatic N) is 2. The molecule has 2 aliphatic heterocycles. The molecule has 3 heterocycles. The lowest BCUT2D eigenvalue weighted by Crippen LogP contribution is -2.29. The van der Waals surface area contributed by atoms with E-state index in [-0.39, 0.29) is 11.5 Å². The van der Waals surface area contributed by atoms with Crippen molar-refractivity contribution in [2.24, 2.45) is 11.7 Å². The molecule has 0 aliphatic carbocycles. The first-order valence-corrected chi connectivity index (χ1v) is 11.1. The van der Waals surface area contributed by atoms with Crippen molar-refractivity contribution in [3.8, 4) is 11.1 Å². The Morgan fingerprint density at radius 3 is 2.23 bits per heavy atom. The lowest BCUT2D eigenvalue weighted by molar-refractivity contribution is 0.0968. The van der Waals surface area contributed by atoms with Crippen LogP contribution in [-0.4, -0.2) is 42.6 Å². The monoisotopic (exact) mass is 429 g/mol. The Morgan fingerprint density at radius 1 is 1.13 bits per heavy atom. The lowest BCUT2D eigenvalue weighted by Gasteiger charge is -2.26. The van der Waals surface area contributed by atoms with Gasteiger partial charge in [0.1, 0.15) is 11.5 Å². The highest BCUT2D eigenvalue weighted by molar-refractivity contribution is 5.92. The number of carbonyl (C=O) groups is 1. The van der Waals surface area contributed by atoms with E-state index in [4.69, 9.17) is 10.5 Å². The predicted molar refractivity (Wildman–Crippen MR) is 123 cm³/mol. The van der Waals surface area contributed by atoms with E-state index < -0.39 is 5.91 Å². The molecule has 1 aromatic carbocycles. The summed E-state index contributed by atoms with van der Waals surface area (Å²) in [5.41, 5.74) is 9.42. The molecule has 1 aromatic heterocycles. The molecule has 6 heteroatoms. The van der Waals surface area contributed by atoms with E-state index >= 15 is 0 Å². The van der Waals surface area contributed by atoms with Crippen LogP contribution in [0.4, 0.5) is 4.39 Å². The maximum absolute atomic E-state index is 13.1. The highest BCUT2D eigenvalue weighted by Crippen LogP contribution is 2.30. The number of ether oxygens (including phenoxy) is 1. The van der Waals surface area contributed by atoms with Crippen LogP contribution in [0.3, 0.4) is 0 Å². The van der Waals surface area contributed by atoms with E-state index in [9.17, 15) is 9.18 Å².